The fraction of sp³-hybridized carbons (Fsp3) is 0.588. The zero-order chi connectivity index (χ0) is 14.4. The topological polar surface area (TPSA) is 29.1 Å². The molecule has 0 bridgehead atoms. The van der Waals surface area contributed by atoms with Gasteiger partial charge in [-0.2, -0.15) is 0 Å². The van der Waals surface area contributed by atoms with Gasteiger partial charge in [-0.05, 0) is 47.7 Å². The minimum atomic E-state index is -0.266. The third-order valence-corrected chi connectivity index (χ3v) is 5.07. The number of benzene rings is 1. The van der Waals surface area contributed by atoms with Crippen molar-refractivity contribution in [2.75, 3.05) is 11.0 Å². The predicted molar refractivity (Wildman–Crippen MR) is 92.5 cm³/mol. The summed E-state index contributed by atoms with van der Waals surface area (Å²) in [4.78, 5) is 12.8. The molecule has 110 valence electrons. The van der Waals surface area contributed by atoms with E-state index < -0.39 is 0 Å². The molecule has 20 heavy (non-hydrogen) atoms. The maximum absolute atomic E-state index is 12.8. The van der Waals surface area contributed by atoms with E-state index in [-0.39, 0.29) is 11.3 Å². The first kappa shape index (κ1) is 15.8. The van der Waals surface area contributed by atoms with Gasteiger partial charge in [-0.25, -0.2) is 0 Å². The highest BCUT2D eigenvalue weighted by atomic mass is 127. The lowest BCUT2D eigenvalue weighted by Gasteiger charge is -2.29. The number of alkyl halides is 1. The second-order valence-corrected chi connectivity index (χ2v) is 6.72. The fourth-order valence-corrected chi connectivity index (χ4v) is 3.77. The molecule has 0 radical (unpaired) electrons. The summed E-state index contributed by atoms with van der Waals surface area (Å²) in [7, 11) is 0. The zero-order valence-electron chi connectivity index (χ0n) is 12.3. The minimum absolute atomic E-state index is 0.248. The highest BCUT2D eigenvalue weighted by Crippen LogP contribution is 2.43. The van der Waals surface area contributed by atoms with Crippen molar-refractivity contribution in [3.8, 4) is 0 Å². The number of hydrogen-bond acceptors (Lipinski definition) is 1. The molecule has 0 fully saturated rings. The maximum atomic E-state index is 12.8. The van der Waals surface area contributed by atoms with Crippen LogP contribution in [-0.4, -0.2) is 16.9 Å². The number of fused-ring (bicyclic) bond motifs is 1. The van der Waals surface area contributed by atoms with Crippen LogP contribution in [0.1, 0.15) is 50.2 Å². The minimum Gasteiger partial charge on any atom is -0.355 e. The van der Waals surface area contributed by atoms with Crippen molar-refractivity contribution in [3.05, 3.63) is 35.4 Å². The molecule has 0 aromatic heterocycles. The van der Waals surface area contributed by atoms with E-state index in [9.17, 15) is 4.79 Å². The molecule has 3 heteroatoms. The standard InChI is InChI=1S/C17H24INO/c1-2-13-19-16(20)17(10-5-6-12-18)11-9-14-7-3-4-8-15(14)17/h3-4,7-8H,2,5-6,9-13H2,1H3,(H,19,20). The van der Waals surface area contributed by atoms with Gasteiger partial charge in [-0.15, -0.1) is 0 Å². The number of carbonyl (C=O) groups excluding carboxylic acids is 1. The van der Waals surface area contributed by atoms with Gasteiger partial charge in [-0.3, -0.25) is 4.79 Å². The maximum Gasteiger partial charge on any atom is 0.230 e. The van der Waals surface area contributed by atoms with E-state index in [4.69, 9.17) is 0 Å². The van der Waals surface area contributed by atoms with E-state index in [2.05, 4.69) is 59.1 Å². The average molecular weight is 385 g/mol. The number of aryl methyl sites for hydroxylation is 1. The van der Waals surface area contributed by atoms with E-state index in [1.54, 1.807) is 0 Å². The Balaban J connectivity index is 2.24. The number of amides is 1. The molecular weight excluding hydrogens is 361 g/mol. The van der Waals surface area contributed by atoms with Gasteiger partial charge in [0.15, 0.2) is 0 Å². The summed E-state index contributed by atoms with van der Waals surface area (Å²) >= 11 is 2.42. The molecule has 1 aliphatic carbocycles. The Morgan fingerprint density at radius 1 is 1.35 bits per heavy atom. The number of unbranched alkanes of at least 4 members (excludes halogenated alkanes) is 1. The third kappa shape index (κ3) is 3.18. The first-order valence-corrected chi connectivity index (χ1v) is 9.20. The van der Waals surface area contributed by atoms with Crippen LogP contribution in [0.4, 0.5) is 0 Å². The summed E-state index contributed by atoms with van der Waals surface area (Å²) in [6, 6.07) is 8.51. The first-order valence-electron chi connectivity index (χ1n) is 7.67. The van der Waals surface area contributed by atoms with Crippen LogP contribution in [0, 0.1) is 0 Å². The molecule has 1 aromatic rings. The van der Waals surface area contributed by atoms with Crippen molar-refractivity contribution in [2.24, 2.45) is 0 Å². The lowest BCUT2D eigenvalue weighted by molar-refractivity contribution is -0.127. The molecule has 2 nitrogen and oxygen atoms in total. The average Bonchev–Trinajstić information content (AvgIpc) is 2.85. The molecule has 0 saturated carbocycles. The van der Waals surface area contributed by atoms with E-state index in [1.165, 1.54) is 22.0 Å². The summed E-state index contributed by atoms with van der Waals surface area (Å²) < 4.78 is 1.17. The quantitative estimate of drug-likeness (QED) is 0.429. The van der Waals surface area contributed by atoms with Crippen molar-refractivity contribution < 1.29 is 4.79 Å². The molecule has 1 N–H and O–H groups in total. The van der Waals surface area contributed by atoms with Crippen LogP contribution in [0.3, 0.4) is 0 Å². The lowest BCUT2D eigenvalue weighted by atomic mass is 9.76. The molecule has 1 amide bonds. The van der Waals surface area contributed by atoms with E-state index in [0.717, 1.165) is 38.6 Å². The van der Waals surface area contributed by atoms with Crippen molar-refractivity contribution in [1.82, 2.24) is 5.32 Å². The van der Waals surface area contributed by atoms with Crippen LogP contribution in [0.2, 0.25) is 0 Å². The summed E-state index contributed by atoms with van der Waals surface area (Å²) in [5.74, 6) is 0.248. The predicted octanol–water partition coefficient (Wildman–Crippen LogP) is 4.00. The highest BCUT2D eigenvalue weighted by molar-refractivity contribution is 14.1. The van der Waals surface area contributed by atoms with E-state index >= 15 is 0 Å². The van der Waals surface area contributed by atoms with Gasteiger partial charge in [0.2, 0.25) is 5.91 Å². The van der Waals surface area contributed by atoms with Crippen molar-refractivity contribution >= 4 is 28.5 Å². The lowest BCUT2D eigenvalue weighted by Crippen LogP contribution is -2.43. The number of hydrogen-bond donors (Lipinski definition) is 1. The molecule has 0 heterocycles. The summed E-state index contributed by atoms with van der Waals surface area (Å²) in [6.07, 6.45) is 6.34. The van der Waals surface area contributed by atoms with Crippen LogP contribution in [-0.2, 0) is 16.6 Å². The molecule has 0 saturated heterocycles. The van der Waals surface area contributed by atoms with Crippen molar-refractivity contribution in [2.45, 2.75) is 50.9 Å². The van der Waals surface area contributed by atoms with Gasteiger partial charge in [-0.1, -0.05) is 60.2 Å². The second-order valence-electron chi connectivity index (χ2n) is 5.64. The first-order chi connectivity index (χ1) is 9.74. The van der Waals surface area contributed by atoms with E-state index in [1.807, 2.05) is 0 Å². The number of halogens is 1. The normalized spacial score (nSPS) is 20.7. The number of carbonyl (C=O) groups is 1. The Hall–Kier alpha value is -0.580. The summed E-state index contributed by atoms with van der Waals surface area (Å²) in [6.45, 7) is 2.89. The third-order valence-electron chi connectivity index (χ3n) is 4.31. The molecular formula is C17H24INO. The highest BCUT2D eigenvalue weighted by Gasteiger charge is 2.44. The van der Waals surface area contributed by atoms with Crippen LogP contribution in [0.15, 0.2) is 24.3 Å². The van der Waals surface area contributed by atoms with Crippen LogP contribution in [0.25, 0.3) is 0 Å². The molecule has 0 spiro atoms. The number of nitrogens with one attached hydrogen (secondary N) is 1. The van der Waals surface area contributed by atoms with Gasteiger partial charge in [0.25, 0.3) is 0 Å². The Bertz CT molecular complexity index is 460. The summed E-state index contributed by atoms with van der Waals surface area (Å²) in [5.41, 5.74) is 2.38. The fourth-order valence-electron chi connectivity index (χ4n) is 3.23. The van der Waals surface area contributed by atoms with Gasteiger partial charge in [0.1, 0.15) is 0 Å². The largest absolute Gasteiger partial charge is 0.355 e. The second kappa shape index (κ2) is 7.43. The zero-order valence-corrected chi connectivity index (χ0v) is 14.4. The molecule has 0 aliphatic heterocycles. The molecule has 2 rings (SSSR count). The smallest absolute Gasteiger partial charge is 0.230 e. The van der Waals surface area contributed by atoms with Crippen molar-refractivity contribution in [1.29, 1.82) is 0 Å². The molecule has 1 unspecified atom stereocenters. The van der Waals surface area contributed by atoms with Crippen LogP contribution >= 0.6 is 22.6 Å². The Labute approximate surface area is 135 Å². The van der Waals surface area contributed by atoms with Crippen molar-refractivity contribution in [3.63, 3.8) is 0 Å². The van der Waals surface area contributed by atoms with Gasteiger partial charge < -0.3 is 5.32 Å². The Morgan fingerprint density at radius 2 is 2.15 bits per heavy atom. The van der Waals surface area contributed by atoms with Gasteiger partial charge >= 0.3 is 0 Å². The monoisotopic (exact) mass is 385 g/mol. The Kier molecular flexibility index (Phi) is 5.87. The van der Waals surface area contributed by atoms with Crippen LogP contribution in [0.5, 0.6) is 0 Å². The molecule has 1 aromatic carbocycles. The van der Waals surface area contributed by atoms with Crippen LogP contribution < -0.4 is 5.32 Å². The van der Waals surface area contributed by atoms with E-state index in [0.29, 0.717) is 0 Å². The SMILES string of the molecule is CCCNC(=O)C1(CCCCI)CCc2ccccc21. The Morgan fingerprint density at radius 3 is 2.90 bits per heavy atom. The molecule has 1 aliphatic rings. The van der Waals surface area contributed by atoms with Gasteiger partial charge in [0.05, 0.1) is 5.41 Å². The van der Waals surface area contributed by atoms with Gasteiger partial charge in [0, 0.05) is 6.54 Å². The summed E-state index contributed by atoms with van der Waals surface area (Å²) in [5, 5.41) is 3.14. The molecule has 1 atom stereocenters. The number of rotatable bonds is 7.